The van der Waals surface area contributed by atoms with Gasteiger partial charge in [-0.1, -0.05) is 24.3 Å². The highest BCUT2D eigenvalue weighted by Crippen LogP contribution is 2.42. The third-order valence-corrected chi connectivity index (χ3v) is 4.95. The maximum Gasteiger partial charge on any atom is 0.0417 e. The number of anilines is 1. The standard InChI is InChI=1S/C18H21N3/c1-2-6-16(7-3-1)21-13-17(14-5-4-9-19-11-14)18(21)15-8-10-20-12-15/h1-7,9,11,15,17-18,20H,8,10,12-13H2. The maximum absolute atomic E-state index is 4.31. The molecule has 2 saturated heterocycles. The number of hydrogen-bond donors (Lipinski definition) is 1. The number of hydrogen-bond acceptors (Lipinski definition) is 3. The van der Waals surface area contributed by atoms with Crippen LogP contribution in [0, 0.1) is 5.92 Å². The Balaban J connectivity index is 1.62. The van der Waals surface area contributed by atoms with Crippen LogP contribution in [0.1, 0.15) is 17.9 Å². The number of pyridine rings is 1. The Morgan fingerprint density at radius 3 is 2.71 bits per heavy atom. The summed E-state index contributed by atoms with van der Waals surface area (Å²) in [5, 5.41) is 3.52. The molecule has 3 heterocycles. The van der Waals surface area contributed by atoms with Crippen LogP contribution in [0.15, 0.2) is 54.9 Å². The van der Waals surface area contributed by atoms with Gasteiger partial charge in [-0.3, -0.25) is 4.98 Å². The summed E-state index contributed by atoms with van der Waals surface area (Å²) in [5.74, 6) is 1.35. The van der Waals surface area contributed by atoms with Gasteiger partial charge in [-0.05, 0) is 49.2 Å². The number of benzene rings is 1. The maximum atomic E-state index is 4.31. The molecule has 21 heavy (non-hydrogen) atoms. The number of aromatic nitrogens is 1. The molecule has 2 aliphatic heterocycles. The highest BCUT2D eigenvalue weighted by atomic mass is 15.2. The van der Waals surface area contributed by atoms with E-state index in [1.165, 1.54) is 17.7 Å². The van der Waals surface area contributed by atoms with Crippen LogP contribution in [0.3, 0.4) is 0 Å². The number of nitrogens with zero attached hydrogens (tertiary/aromatic N) is 2. The predicted octanol–water partition coefficient (Wildman–Crippen LogP) is 2.66. The molecule has 0 saturated carbocycles. The monoisotopic (exact) mass is 279 g/mol. The largest absolute Gasteiger partial charge is 0.367 e. The second kappa shape index (κ2) is 5.49. The average Bonchev–Trinajstić information content (AvgIpc) is 3.02. The predicted molar refractivity (Wildman–Crippen MR) is 85.5 cm³/mol. The van der Waals surface area contributed by atoms with E-state index in [0.29, 0.717) is 12.0 Å². The fourth-order valence-electron chi connectivity index (χ4n) is 3.87. The van der Waals surface area contributed by atoms with Gasteiger partial charge in [0.1, 0.15) is 0 Å². The van der Waals surface area contributed by atoms with Crippen LogP contribution >= 0.6 is 0 Å². The summed E-state index contributed by atoms with van der Waals surface area (Å²) < 4.78 is 0. The van der Waals surface area contributed by atoms with E-state index >= 15 is 0 Å². The quantitative estimate of drug-likeness (QED) is 0.936. The molecule has 0 radical (unpaired) electrons. The van der Waals surface area contributed by atoms with E-state index in [1.807, 2.05) is 12.4 Å². The molecule has 2 aromatic rings. The Hall–Kier alpha value is -1.87. The van der Waals surface area contributed by atoms with E-state index in [1.54, 1.807) is 0 Å². The number of para-hydroxylation sites is 1. The fraction of sp³-hybridized carbons (Fsp3) is 0.389. The summed E-state index contributed by atoms with van der Waals surface area (Å²) in [4.78, 5) is 6.89. The van der Waals surface area contributed by atoms with E-state index in [-0.39, 0.29) is 0 Å². The molecule has 0 aliphatic carbocycles. The van der Waals surface area contributed by atoms with Crippen molar-refractivity contribution >= 4 is 5.69 Å². The van der Waals surface area contributed by atoms with Gasteiger partial charge in [-0.2, -0.15) is 0 Å². The molecule has 1 aromatic carbocycles. The molecule has 3 nitrogen and oxygen atoms in total. The summed E-state index contributed by atoms with van der Waals surface area (Å²) in [5.41, 5.74) is 2.75. The van der Waals surface area contributed by atoms with Gasteiger partial charge in [0.25, 0.3) is 0 Å². The van der Waals surface area contributed by atoms with Crippen LogP contribution in [0.25, 0.3) is 0 Å². The van der Waals surface area contributed by atoms with E-state index in [2.05, 4.69) is 57.7 Å². The van der Waals surface area contributed by atoms with Crippen LogP contribution in [0.5, 0.6) is 0 Å². The van der Waals surface area contributed by atoms with E-state index < -0.39 is 0 Å². The summed E-state index contributed by atoms with van der Waals surface area (Å²) in [6.07, 6.45) is 5.19. The molecular formula is C18H21N3. The molecule has 2 aliphatic rings. The Kier molecular flexibility index (Phi) is 3.36. The number of rotatable bonds is 3. The highest BCUT2D eigenvalue weighted by molar-refractivity contribution is 5.53. The third kappa shape index (κ3) is 2.32. The molecule has 108 valence electrons. The van der Waals surface area contributed by atoms with Crippen LogP contribution in [0.2, 0.25) is 0 Å². The molecule has 2 fully saturated rings. The average molecular weight is 279 g/mol. The summed E-state index contributed by atoms with van der Waals surface area (Å²) in [6.45, 7) is 3.41. The second-order valence-electron chi connectivity index (χ2n) is 6.12. The lowest BCUT2D eigenvalue weighted by atomic mass is 9.75. The second-order valence-corrected chi connectivity index (χ2v) is 6.12. The molecule has 3 atom stereocenters. The van der Waals surface area contributed by atoms with Crippen molar-refractivity contribution in [2.45, 2.75) is 18.4 Å². The van der Waals surface area contributed by atoms with E-state index in [0.717, 1.165) is 25.6 Å². The van der Waals surface area contributed by atoms with Crippen molar-refractivity contribution in [2.24, 2.45) is 5.92 Å². The van der Waals surface area contributed by atoms with Gasteiger partial charge in [0.2, 0.25) is 0 Å². The van der Waals surface area contributed by atoms with Gasteiger partial charge in [-0.25, -0.2) is 0 Å². The molecule has 0 spiro atoms. The zero-order valence-electron chi connectivity index (χ0n) is 12.2. The van der Waals surface area contributed by atoms with E-state index in [4.69, 9.17) is 0 Å². The lowest BCUT2D eigenvalue weighted by molar-refractivity contribution is 0.285. The molecule has 4 rings (SSSR count). The van der Waals surface area contributed by atoms with Crippen molar-refractivity contribution in [1.29, 1.82) is 0 Å². The molecule has 0 amide bonds. The third-order valence-electron chi connectivity index (χ3n) is 4.95. The van der Waals surface area contributed by atoms with E-state index in [9.17, 15) is 0 Å². The van der Waals surface area contributed by atoms with Crippen LogP contribution in [-0.4, -0.2) is 30.7 Å². The number of nitrogens with one attached hydrogen (secondary N) is 1. The van der Waals surface area contributed by atoms with Gasteiger partial charge in [0, 0.05) is 36.6 Å². The molecule has 0 bridgehead atoms. The van der Waals surface area contributed by atoms with Crippen molar-refractivity contribution in [3.05, 3.63) is 60.4 Å². The minimum absolute atomic E-state index is 0.603. The first kappa shape index (κ1) is 12.8. The molecule has 3 unspecified atom stereocenters. The summed E-state index contributed by atoms with van der Waals surface area (Å²) in [7, 11) is 0. The molecule has 1 aromatic heterocycles. The van der Waals surface area contributed by atoms with Gasteiger partial charge in [0.15, 0.2) is 0 Å². The van der Waals surface area contributed by atoms with Crippen molar-refractivity contribution in [3.8, 4) is 0 Å². The Labute approximate surface area is 126 Å². The molecule has 1 N–H and O–H groups in total. The Bertz CT molecular complexity index is 532. The van der Waals surface area contributed by atoms with Gasteiger partial charge >= 0.3 is 0 Å². The molecule has 3 heteroatoms. The van der Waals surface area contributed by atoms with Crippen LogP contribution in [0.4, 0.5) is 5.69 Å². The van der Waals surface area contributed by atoms with Crippen LogP contribution in [-0.2, 0) is 0 Å². The molecular weight excluding hydrogens is 258 g/mol. The zero-order chi connectivity index (χ0) is 14.1. The smallest absolute Gasteiger partial charge is 0.0417 e. The zero-order valence-corrected chi connectivity index (χ0v) is 12.2. The minimum atomic E-state index is 0.603. The first-order chi connectivity index (χ1) is 10.4. The van der Waals surface area contributed by atoms with Crippen molar-refractivity contribution in [1.82, 2.24) is 10.3 Å². The van der Waals surface area contributed by atoms with Crippen molar-refractivity contribution in [3.63, 3.8) is 0 Å². The van der Waals surface area contributed by atoms with Crippen molar-refractivity contribution < 1.29 is 0 Å². The lowest BCUT2D eigenvalue weighted by Gasteiger charge is -2.52. The van der Waals surface area contributed by atoms with Gasteiger partial charge in [-0.15, -0.1) is 0 Å². The lowest BCUT2D eigenvalue weighted by Crippen LogP contribution is -2.58. The topological polar surface area (TPSA) is 28.2 Å². The van der Waals surface area contributed by atoms with Gasteiger partial charge < -0.3 is 10.2 Å². The summed E-state index contributed by atoms with van der Waals surface area (Å²) >= 11 is 0. The first-order valence-electron chi connectivity index (χ1n) is 7.86. The highest BCUT2D eigenvalue weighted by Gasteiger charge is 2.45. The summed E-state index contributed by atoms with van der Waals surface area (Å²) in [6, 6.07) is 15.7. The SMILES string of the molecule is c1ccc(N2CC(c3cccnc3)C2C2CCNC2)cc1. The Morgan fingerprint density at radius 2 is 2.00 bits per heavy atom. The minimum Gasteiger partial charge on any atom is -0.367 e. The van der Waals surface area contributed by atoms with Gasteiger partial charge in [0.05, 0.1) is 0 Å². The van der Waals surface area contributed by atoms with Crippen molar-refractivity contribution in [2.75, 3.05) is 24.5 Å². The Morgan fingerprint density at radius 1 is 1.10 bits per heavy atom. The first-order valence-corrected chi connectivity index (χ1v) is 7.86. The van der Waals surface area contributed by atoms with Crippen LogP contribution < -0.4 is 10.2 Å². The normalized spacial score (nSPS) is 28.4. The fourth-order valence-corrected chi connectivity index (χ4v) is 3.87.